The minimum Gasteiger partial charge on any atom is -0.357 e. The van der Waals surface area contributed by atoms with Gasteiger partial charge in [-0.3, -0.25) is 4.79 Å². The third-order valence-electron chi connectivity index (χ3n) is 2.69. The van der Waals surface area contributed by atoms with E-state index in [2.05, 4.69) is 18.8 Å². The average Bonchev–Trinajstić information content (AvgIpc) is 2.80. The second-order valence-electron chi connectivity index (χ2n) is 3.83. The van der Waals surface area contributed by atoms with E-state index in [1.807, 2.05) is 35.8 Å². The van der Waals surface area contributed by atoms with Crippen molar-refractivity contribution in [3.05, 3.63) is 24.0 Å². The van der Waals surface area contributed by atoms with E-state index in [0.717, 1.165) is 17.9 Å². The van der Waals surface area contributed by atoms with Gasteiger partial charge in [0.1, 0.15) is 5.69 Å². The molecule has 0 unspecified atom stereocenters. The normalized spacial score (nSPS) is 12.4. The van der Waals surface area contributed by atoms with Crippen molar-refractivity contribution in [2.24, 2.45) is 0 Å². The summed E-state index contributed by atoms with van der Waals surface area (Å²) in [6.45, 7) is 4.25. The van der Waals surface area contributed by atoms with Gasteiger partial charge in [-0.25, -0.2) is 0 Å². The monoisotopic (exact) mass is 240 g/mol. The molecule has 0 aliphatic rings. The highest BCUT2D eigenvalue weighted by Gasteiger charge is 2.17. The lowest BCUT2D eigenvalue weighted by molar-refractivity contribution is 0.0736. The number of H-pyrrole nitrogens is 1. The van der Waals surface area contributed by atoms with Crippen LogP contribution in [-0.2, 0) is 0 Å². The summed E-state index contributed by atoms with van der Waals surface area (Å²) in [6.07, 6.45) is 2.82. The molecule has 1 atom stereocenters. The Hall–Kier alpha value is -0.900. The molecule has 3 nitrogen and oxygen atoms in total. The molecule has 0 bridgehead atoms. The molecule has 0 spiro atoms. The van der Waals surface area contributed by atoms with Gasteiger partial charge in [-0.2, -0.15) is 11.8 Å². The molecule has 0 saturated heterocycles. The first kappa shape index (κ1) is 13.2. The van der Waals surface area contributed by atoms with Gasteiger partial charge in [0.05, 0.1) is 0 Å². The maximum absolute atomic E-state index is 12.0. The molecule has 0 aliphatic heterocycles. The van der Waals surface area contributed by atoms with Crippen LogP contribution in [0.5, 0.6) is 0 Å². The maximum atomic E-state index is 12.0. The standard InChI is InChI=1S/C12H20N2OS/c1-4-16-9-7-10(2)14(3)12(15)11-6-5-8-13-11/h5-6,8,10,13H,4,7,9H2,1-3H3/t10-/m0/s1. The van der Waals surface area contributed by atoms with Crippen molar-refractivity contribution in [3.8, 4) is 0 Å². The zero-order chi connectivity index (χ0) is 12.0. The van der Waals surface area contributed by atoms with Crippen LogP contribution in [0.3, 0.4) is 0 Å². The Morgan fingerprint density at radius 3 is 2.94 bits per heavy atom. The Labute approximate surface area is 102 Å². The van der Waals surface area contributed by atoms with Crippen molar-refractivity contribution in [1.82, 2.24) is 9.88 Å². The summed E-state index contributed by atoms with van der Waals surface area (Å²) in [4.78, 5) is 16.7. The van der Waals surface area contributed by atoms with Gasteiger partial charge < -0.3 is 9.88 Å². The van der Waals surface area contributed by atoms with Gasteiger partial charge in [0.2, 0.25) is 0 Å². The number of thioether (sulfide) groups is 1. The highest BCUT2D eigenvalue weighted by atomic mass is 32.2. The van der Waals surface area contributed by atoms with Crippen molar-refractivity contribution in [1.29, 1.82) is 0 Å². The third kappa shape index (κ3) is 3.59. The molecule has 16 heavy (non-hydrogen) atoms. The van der Waals surface area contributed by atoms with Gasteiger partial charge >= 0.3 is 0 Å². The Morgan fingerprint density at radius 1 is 1.62 bits per heavy atom. The lowest BCUT2D eigenvalue weighted by Gasteiger charge is -2.24. The molecular weight excluding hydrogens is 220 g/mol. The highest BCUT2D eigenvalue weighted by molar-refractivity contribution is 7.99. The third-order valence-corrected chi connectivity index (χ3v) is 3.63. The predicted octanol–water partition coefficient (Wildman–Crippen LogP) is 2.62. The molecule has 1 amide bonds. The number of carbonyl (C=O) groups is 1. The van der Waals surface area contributed by atoms with Crippen LogP contribution < -0.4 is 0 Å². The van der Waals surface area contributed by atoms with E-state index in [1.54, 1.807) is 6.20 Å². The summed E-state index contributed by atoms with van der Waals surface area (Å²) in [5.41, 5.74) is 0.664. The van der Waals surface area contributed by atoms with E-state index in [1.165, 1.54) is 0 Å². The largest absolute Gasteiger partial charge is 0.357 e. The number of nitrogens with one attached hydrogen (secondary N) is 1. The maximum Gasteiger partial charge on any atom is 0.270 e. The van der Waals surface area contributed by atoms with E-state index in [0.29, 0.717) is 5.69 Å². The molecule has 0 radical (unpaired) electrons. The Kier molecular flexibility index (Phi) is 5.46. The fourth-order valence-corrected chi connectivity index (χ4v) is 2.24. The number of aromatic amines is 1. The van der Waals surface area contributed by atoms with Crippen LogP contribution in [0.15, 0.2) is 18.3 Å². The number of amides is 1. The molecule has 1 aromatic rings. The molecule has 90 valence electrons. The van der Waals surface area contributed by atoms with Gasteiger partial charge in [-0.1, -0.05) is 6.92 Å². The van der Waals surface area contributed by atoms with Crippen LogP contribution in [-0.4, -0.2) is 40.4 Å². The molecule has 1 N–H and O–H groups in total. The number of hydrogen-bond donors (Lipinski definition) is 1. The Morgan fingerprint density at radius 2 is 2.38 bits per heavy atom. The molecule has 0 aromatic carbocycles. The fourth-order valence-electron chi connectivity index (χ4n) is 1.45. The summed E-state index contributed by atoms with van der Waals surface area (Å²) in [7, 11) is 1.87. The zero-order valence-electron chi connectivity index (χ0n) is 10.2. The van der Waals surface area contributed by atoms with Gasteiger partial charge in [0, 0.05) is 19.3 Å². The van der Waals surface area contributed by atoms with Crippen molar-refractivity contribution in [2.45, 2.75) is 26.3 Å². The minimum absolute atomic E-state index is 0.0685. The molecule has 1 heterocycles. The lowest BCUT2D eigenvalue weighted by Crippen LogP contribution is -2.35. The van der Waals surface area contributed by atoms with Gasteiger partial charge in [-0.05, 0) is 37.0 Å². The summed E-state index contributed by atoms with van der Waals surface area (Å²) in [5, 5.41) is 0. The summed E-state index contributed by atoms with van der Waals surface area (Å²) in [5.74, 6) is 2.32. The first-order valence-corrected chi connectivity index (χ1v) is 6.80. The number of carbonyl (C=O) groups excluding carboxylic acids is 1. The van der Waals surface area contributed by atoms with Crippen LogP contribution >= 0.6 is 11.8 Å². The SMILES string of the molecule is CCSCC[C@H](C)N(C)C(=O)c1ccc[nH]1. The van der Waals surface area contributed by atoms with E-state index in [4.69, 9.17) is 0 Å². The molecule has 4 heteroatoms. The summed E-state index contributed by atoms with van der Waals surface area (Å²) >= 11 is 1.92. The lowest BCUT2D eigenvalue weighted by atomic mass is 10.2. The van der Waals surface area contributed by atoms with E-state index < -0.39 is 0 Å². The van der Waals surface area contributed by atoms with E-state index in [9.17, 15) is 4.79 Å². The second kappa shape index (κ2) is 6.63. The number of rotatable bonds is 6. The van der Waals surface area contributed by atoms with Crippen LogP contribution in [0.2, 0.25) is 0 Å². The molecule has 0 fully saturated rings. The molecule has 0 saturated carbocycles. The molecular formula is C12H20N2OS. The quantitative estimate of drug-likeness (QED) is 0.776. The number of nitrogens with zero attached hydrogens (tertiary/aromatic N) is 1. The fraction of sp³-hybridized carbons (Fsp3) is 0.583. The van der Waals surface area contributed by atoms with Crippen molar-refractivity contribution < 1.29 is 4.79 Å². The minimum atomic E-state index is 0.0685. The van der Waals surface area contributed by atoms with E-state index in [-0.39, 0.29) is 11.9 Å². The topological polar surface area (TPSA) is 36.1 Å². The smallest absolute Gasteiger partial charge is 0.270 e. The average molecular weight is 240 g/mol. The molecule has 1 aromatic heterocycles. The zero-order valence-corrected chi connectivity index (χ0v) is 11.0. The summed E-state index contributed by atoms with van der Waals surface area (Å²) in [6, 6.07) is 3.94. The van der Waals surface area contributed by atoms with Gasteiger partial charge in [0.15, 0.2) is 0 Å². The van der Waals surface area contributed by atoms with Crippen LogP contribution in [0.25, 0.3) is 0 Å². The first-order valence-electron chi connectivity index (χ1n) is 5.65. The van der Waals surface area contributed by atoms with Crippen LogP contribution in [0.4, 0.5) is 0 Å². The highest BCUT2D eigenvalue weighted by Crippen LogP contribution is 2.10. The summed E-state index contributed by atoms with van der Waals surface area (Å²) < 4.78 is 0. The van der Waals surface area contributed by atoms with E-state index >= 15 is 0 Å². The predicted molar refractivity (Wildman–Crippen MR) is 70.0 cm³/mol. The van der Waals surface area contributed by atoms with Crippen LogP contribution in [0, 0.1) is 0 Å². The Bertz CT molecular complexity index is 311. The molecule has 1 rings (SSSR count). The van der Waals surface area contributed by atoms with Gasteiger partial charge in [-0.15, -0.1) is 0 Å². The first-order chi connectivity index (χ1) is 7.66. The van der Waals surface area contributed by atoms with Crippen molar-refractivity contribution >= 4 is 17.7 Å². The second-order valence-corrected chi connectivity index (χ2v) is 5.23. The Balaban J connectivity index is 2.44. The molecule has 0 aliphatic carbocycles. The van der Waals surface area contributed by atoms with Crippen molar-refractivity contribution in [2.75, 3.05) is 18.6 Å². The van der Waals surface area contributed by atoms with Gasteiger partial charge in [0.25, 0.3) is 5.91 Å². The number of hydrogen-bond acceptors (Lipinski definition) is 2. The number of aromatic nitrogens is 1. The van der Waals surface area contributed by atoms with Crippen LogP contribution in [0.1, 0.15) is 30.8 Å². The van der Waals surface area contributed by atoms with Crippen molar-refractivity contribution in [3.63, 3.8) is 0 Å².